The van der Waals surface area contributed by atoms with Crippen molar-refractivity contribution in [1.82, 2.24) is 0 Å². The number of Topliss-reactive ketones (excluding diaryl/α,β-unsaturated/α-hetero) is 1. The van der Waals surface area contributed by atoms with Gasteiger partial charge in [0.05, 0.1) is 5.69 Å². The lowest BCUT2D eigenvalue weighted by molar-refractivity contribution is -0.110. The zero-order chi connectivity index (χ0) is 19.8. The second kappa shape index (κ2) is 9.28. The summed E-state index contributed by atoms with van der Waals surface area (Å²) >= 11 is 0. The summed E-state index contributed by atoms with van der Waals surface area (Å²) in [5.74, 6) is -0.972. The lowest BCUT2D eigenvalue weighted by atomic mass is 10.1. The minimum absolute atomic E-state index is 0.161. The van der Waals surface area contributed by atoms with Gasteiger partial charge in [0, 0.05) is 23.5 Å². The van der Waals surface area contributed by atoms with Crippen molar-refractivity contribution in [1.29, 1.82) is 0 Å². The maximum atomic E-state index is 12.9. The Kier molecular flexibility index (Phi) is 6.31. The number of anilines is 2. The molecule has 5 nitrogen and oxygen atoms in total. The summed E-state index contributed by atoms with van der Waals surface area (Å²) in [6.45, 7) is 2.82. The van der Waals surface area contributed by atoms with Crippen LogP contribution in [0.3, 0.4) is 0 Å². The first-order valence-electron chi connectivity index (χ1n) is 9.06. The Balaban J connectivity index is 1.93. The summed E-state index contributed by atoms with van der Waals surface area (Å²) in [6, 6.07) is 24.9. The van der Waals surface area contributed by atoms with E-state index in [1.165, 1.54) is 0 Å². The summed E-state index contributed by atoms with van der Waals surface area (Å²) in [5, 5.41) is 5.94. The number of ketones is 1. The normalized spacial score (nSPS) is 11.0. The smallest absolute Gasteiger partial charge is 0.278 e. The van der Waals surface area contributed by atoms with Gasteiger partial charge in [-0.05, 0) is 43.3 Å². The number of aliphatic imine (C=N–C) groups is 1. The molecule has 0 aliphatic carbocycles. The molecule has 0 atom stereocenters. The van der Waals surface area contributed by atoms with Crippen molar-refractivity contribution >= 4 is 34.5 Å². The number of carbonyl (C=O) groups excluding carboxylic acids is 2. The highest BCUT2D eigenvalue weighted by Gasteiger charge is 2.22. The number of amides is 1. The quantitative estimate of drug-likeness (QED) is 0.359. The maximum Gasteiger partial charge on any atom is 0.278 e. The molecule has 0 radical (unpaired) electrons. The van der Waals surface area contributed by atoms with Crippen molar-refractivity contribution in [3.8, 4) is 0 Å². The summed E-state index contributed by atoms with van der Waals surface area (Å²) in [6.07, 6.45) is 0. The molecule has 2 N–H and O–H groups in total. The number of hydrogen-bond donors (Lipinski definition) is 2. The van der Waals surface area contributed by atoms with Crippen molar-refractivity contribution in [2.24, 2.45) is 4.99 Å². The number of carbonyl (C=O) groups is 2. The van der Waals surface area contributed by atoms with Gasteiger partial charge in [0.2, 0.25) is 5.78 Å². The van der Waals surface area contributed by atoms with Crippen LogP contribution in [0.15, 0.2) is 89.9 Å². The van der Waals surface area contributed by atoms with Crippen LogP contribution in [0.2, 0.25) is 0 Å². The fraction of sp³-hybridized carbons (Fsp3) is 0.0870. The number of para-hydroxylation sites is 1. The predicted octanol–water partition coefficient (Wildman–Crippen LogP) is 4.71. The first-order valence-corrected chi connectivity index (χ1v) is 9.06. The lowest BCUT2D eigenvalue weighted by Gasteiger charge is -2.08. The van der Waals surface area contributed by atoms with Crippen LogP contribution >= 0.6 is 0 Å². The third kappa shape index (κ3) is 4.92. The van der Waals surface area contributed by atoms with E-state index in [0.717, 1.165) is 12.2 Å². The second-order valence-electron chi connectivity index (χ2n) is 6.05. The van der Waals surface area contributed by atoms with Crippen LogP contribution in [-0.2, 0) is 4.79 Å². The molecule has 5 heteroatoms. The van der Waals surface area contributed by atoms with E-state index in [0.29, 0.717) is 16.9 Å². The molecule has 0 spiro atoms. The molecular formula is C23H21N3O2. The second-order valence-corrected chi connectivity index (χ2v) is 6.05. The molecule has 0 aliphatic heterocycles. The first kappa shape index (κ1) is 19.0. The van der Waals surface area contributed by atoms with Gasteiger partial charge in [-0.25, -0.2) is 4.99 Å². The predicted molar refractivity (Wildman–Crippen MR) is 114 cm³/mol. The monoisotopic (exact) mass is 371 g/mol. The summed E-state index contributed by atoms with van der Waals surface area (Å²) in [5.41, 5.74) is 2.33. The molecule has 140 valence electrons. The highest BCUT2D eigenvalue weighted by molar-refractivity contribution is 6.70. The van der Waals surface area contributed by atoms with Crippen LogP contribution in [0.25, 0.3) is 0 Å². The van der Waals surface area contributed by atoms with E-state index in [-0.39, 0.29) is 5.71 Å². The van der Waals surface area contributed by atoms with Crippen molar-refractivity contribution < 1.29 is 9.59 Å². The van der Waals surface area contributed by atoms with Gasteiger partial charge in [-0.2, -0.15) is 0 Å². The minimum Gasteiger partial charge on any atom is -0.385 e. The third-order valence-electron chi connectivity index (χ3n) is 3.99. The van der Waals surface area contributed by atoms with E-state index in [2.05, 4.69) is 15.6 Å². The largest absolute Gasteiger partial charge is 0.385 e. The number of nitrogens with one attached hydrogen (secondary N) is 2. The minimum atomic E-state index is -0.546. The molecule has 3 aromatic rings. The van der Waals surface area contributed by atoms with E-state index < -0.39 is 11.7 Å². The van der Waals surface area contributed by atoms with Crippen molar-refractivity contribution in [3.63, 3.8) is 0 Å². The molecule has 0 fully saturated rings. The van der Waals surface area contributed by atoms with E-state index in [1.54, 1.807) is 48.5 Å². The molecule has 0 heterocycles. The van der Waals surface area contributed by atoms with Crippen LogP contribution < -0.4 is 10.6 Å². The molecule has 0 bridgehead atoms. The Labute approximate surface area is 164 Å². The lowest BCUT2D eigenvalue weighted by Crippen LogP contribution is -2.30. The average molecular weight is 371 g/mol. The van der Waals surface area contributed by atoms with Crippen LogP contribution in [0.1, 0.15) is 17.3 Å². The third-order valence-corrected chi connectivity index (χ3v) is 3.99. The molecule has 3 aromatic carbocycles. The van der Waals surface area contributed by atoms with Gasteiger partial charge in [0.1, 0.15) is 0 Å². The Bertz CT molecular complexity index is 966. The molecule has 1 amide bonds. The van der Waals surface area contributed by atoms with Gasteiger partial charge in [0.15, 0.2) is 5.71 Å². The van der Waals surface area contributed by atoms with Crippen LogP contribution in [0.4, 0.5) is 17.1 Å². The van der Waals surface area contributed by atoms with Crippen molar-refractivity contribution in [2.75, 3.05) is 17.2 Å². The van der Waals surface area contributed by atoms with E-state index in [4.69, 9.17) is 0 Å². The zero-order valence-electron chi connectivity index (χ0n) is 15.6. The average Bonchev–Trinajstić information content (AvgIpc) is 2.74. The molecule has 3 rings (SSSR count). The highest BCUT2D eigenvalue weighted by atomic mass is 16.2. The van der Waals surface area contributed by atoms with Gasteiger partial charge >= 0.3 is 0 Å². The van der Waals surface area contributed by atoms with E-state index in [9.17, 15) is 9.59 Å². The van der Waals surface area contributed by atoms with Gasteiger partial charge < -0.3 is 10.6 Å². The van der Waals surface area contributed by atoms with E-state index in [1.807, 2.05) is 43.3 Å². The Morgan fingerprint density at radius 3 is 2.00 bits per heavy atom. The molecule has 0 saturated carbocycles. The standard InChI is InChI=1S/C23H21N3O2/c1-2-24-18-13-15-20(16-14-18)25-21(22(27)17-9-5-3-6-10-17)23(28)26-19-11-7-4-8-12-19/h3-16,24H,2H2,1H3,(H,26,28). The SMILES string of the molecule is CCNc1ccc(N=C(C(=O)Nc2ccccc2)C(=O)c2ccccc2)cc1. The molecular weight excluding hydrogens is 350 g/mol. The van der Waals surface area contributed by atoms with Gasteiger partial charge in [-0.3, -0.25) is 9.59 Å². The molecule has 0 saturated heterocycles. The summed E-state index contributed by atoms with van der Waals surface area (Å²) < 4.78 is 0. The maximum absolute atomic E-state index is 12.9. The van der Waals surface area contributed by atoms with Gasteiger partial charge in [0.25, 0.3) is 5.91 Å². The Hall–Kier alpha value is -3.73. The number of rotatable bonds is 7. The fourth-order valence-electron chi connectivity index (χ4n) is 2.63. The van der Waals surface area contributed by atoms with Crippen LogP contribution in [0.5, 0.6) is 0 Å². The topological polar surface area (TPSA) is 70.6 Å². The van der Waals surface area contributed by atoms with Gasteiger partial charge in [-0.15, -0.1) is 0 Å². The molecule has 0 unspecified atom stereocenters. The Morgan fingerprint density at radius 2 is 1.39 bits per heavy atom. The first-order chi connectivity index (χ1) is 13.7. The molecule has 28 heavy (non-hydrogen) atoms. The van der Waals surface area contributed by atoms with Gasteiger partial charge in [-0.1, -0.05) is 48.5 Å². The van der Waals surface area contributed by atoms with Crippen LogP contribution in [0, 0.1) is 0 Å². The molecule has 0 aliphatic rings. The van der Waals surface area contributed by atoms with Crippen molar-refractivity contribution in [2.45, 2.75) is 6.92 Å². The summed E-state index contributed by atoms with van der Waals surface area (Å²) in [4.78, 5) is 30.1. The zero-order valence-corrected chi connectivity index (χ0v) is 15.6. The Morgan fingerprint density at radius 1 is 0.786 bits per heavy atom. The number of hydrogen-bond acceptors (Lipinski definition) is 4. The highest BCUT2D eigenvalue weighted by Crippen LogP contribution is 2.18. The molecule has 0 aromatic heterocycles. The number of benzene rings is 3. The van der Waals surface area contributed by atoms with Crippen molar-refractivity contribution in [3.05, 3.63) is 90.5 Å². The van der Waals surface area contributed by atoms with E-state index >= 15 is 0 Å². The summed E-state index contributed by atoms with van der Waals surface area (Å²) in [7, 11) is 0. The number of nitrogens with zero attached hydrogens (tertiary/aromatic N) is 1. The van der Waals surface area contributed by atoms with Crippen LogP contribution in [-0.4, -0.2) is 23.9 Å². The fourth-order valence-corrected chi connectivity index (χ4v) is 2.63.